The van der Waals surface area contributed by atoms with Crippen LogP contribution in [0.1, 0.15) is 91.9 Å². The number of aliphatic hydroxyl groups excluding tert-OH is 1. The second-order valence-electron chi connectivity index (χ2n) is 8.83. The predicted octanol–water partition coefficient (Wildman–Crippen LogP) is 4.81. The van der Waals surface area contributed by atoms with Crippen LogP contribution in [0.25, 0.3) is 0 Å². The van der Waals surface area contributed by atoms with Crippen LogP contribution in [-0.4, -0.2) is 38.8 Å². The smallest absolute Gasteiger partial charge is 0.334 e. The Kier molecular flexibility index (Phi) is 10.8. The van der Waals surface area contributed by atoms with Crippen molar-refractivity contribution >= 4 is 11.8 Å². The van der Waals surface area contributed by atoms with E-state index in [0.717, 1.165) is 12.8 Å². The van der Waals surface area contributed by atoms with E-state index >= 15 is 0 Å². The highest BCUT2D eigenvalue weighted by molar-refractivity contribution is 5.89. The van der Waals surface area contributed by atoms with Gasteiger partial charge in [-0.05, 0) is 58.8 Å². The lowest BCUT2D eigenvalue weighted by molar-refractivity contribution is -0.137. The standard InChI is InChI=1S/C24H40O5/c1-5-6-7-8-9-10-12-18-15-16-20(25)19(18)13-11-14-21(26)24(4,29)22(17(2)3)23(27)28/h10,12,18-19,21,26,29H,5-9,11,13-16H2,1-4H3,(H,27,28)/b12-10+/t18-,19+,21?,24?/m0/s1. The summed E-state index contributed by atoms with van der Waals surface area (Å²) in [6.07, 6.45) is 12.2. The average molecular weight is 409 g/mol. The molecule has 2 unspecified atom stereocenters. The molecule has 0 bridgehead atoms. The fourth-order valence-corrected chi connectivity index (χ4v) is 4.41. The molecule has 0 amide bonds. The molecule has 0 heterocycles. The number of unbranched alkanes of at least 4 members (excludes halogenated alkanes) is 4. The Morgan fingerprint density at radius 2 is 1.93 bits per heavy atom. The fourth-order valence-electron chi connectivity index (χ4n) is 4.41. The Morgan fingerprint density at radius 3 is 2.52 bits per heavy atom. The molecule has 3 N–H and O–H groups in total. The lowest BCUT2D eigenvalue weighted by Gasteiger charge is -2.31. The van der Waals surface area contributed by atoms with Crippen LogP contribution < -0.4 is 0 Å². The van der Waals surface area contributed by atoms with Crippen molar-refractivity contribution in [2.24, 2.45) is 11.8 Å². The molecule has 0 spiro atoms. The van der Waals surface area contributed by atoms with Crippen LogP contribution in [-0.2, 0) is 9.59 Å². The number of hydrogen-bond acceptors (Lipinski definition) is 4. The molecule has 0 aromatic rings. The summed E-state index contributed by atoms with van der Waals surface area (Å²) in [4.78, 5) is 23.8. The average Bonchev–Trinajstić information content (AvgIpc) is 2.97. The maximum Gasteiger partial charge on any atom is 0.334 e. The minimum atomic E-state index is -1.82. The van der Waals surface area contributed by atoms with Crippen molar-refractivity contribution < 1.29 is 24.9 Å². The summed E-state index contributed by atoms with van der Waals surface area (Å²) in [5, 5.41) is 30.4. The van der Waals surface area contributed by atoms with Gasteiger partial charge in [0.05, 0.1) is 11.7 Å². The number of aliphatic carboxylic acids is 1. The van der Waals surface area contributed by atoms with Crippen LogP contribution in [0.3, 0.4) is 0 Å². The first-order chi connectivity index (χ1) is 13.6. The van der Waals surface area contributed by atoms with E-state index in [-0.39, 0.29) is 29.6 Å². The molecule has 0 saturated heterocycles. The lowest BCUT2D eigenvalue weighted by atomic mass is 9.83. The van der Waals surface area contributed by atoms with E-state index in [4.69, 9.17) is 0 Å². The van der Waals surface area contributed by atoms with Gasteiger partial charge in [-0.2, -0.15) is 0 Å². The molecule has 1 fully saturated rings. The van der Waals surface area contributed by atoms with Gasteiger partial charge in [-0.1, -0.05) is 50.3 Å². The molecule has 29 heavy (non-hydrogen) atoms. The number of hydrogen-bond donors (Lipinski definition) is 3. The van der Waals surface area contributed by atoms with Crippen LogP contribution in [0.2, 0.25) is 0 Å². The first kappa shape index (κ1) is 25.6. The first-order valence-corrected chi connectivity index (χ1v) is 11.1. The van der Waals surface area contributed by atoms with E-state index in [9.17, 15) is 24.9 Å². The van der Waals surface area contributed by atoms with Crippen molar-refractivity contribution in [1.82, 2.24) is 0 Å². The van der Waals surface area contributed by atoms with Gasteiger partial charge in [-0.25, -0.2) is 4.79 Å². The van der Waals surface area contributed by atoms with Gasteiger partial charge in [0.25, 0.3) is 0 Å². The van der Waals surface area contributed by atoms with Crippen molar-refractivity contribution in [1.29, 1.82) is 0 Å². The predicted molar refractivity (Wildman–Crippen MR) is 116 cm³/mol. The van der Waals surface area contributed by atoms with E-state index in [2.05, 4.69) is 19.1 Å². The highest BCUT2D eigenvalue weighted by Gasteiger charge is 2.39. The SMILES string of the molecule is CCCCCC/C=C/[C@H]1CCC(=O)[C@@H]1CCCC(O)C(C)(O)C(C(=O)O)=C(C)C. The third-order valence-corrected chi connectivity index (χ3v) is 6.12. The summed E-state index contributed by atoms with van der Waals surface area (Å²) in [6, 6.07) is 0. The van der Waals surface area contributed by atoms with Crippen molar-refractivity contribution in [2.45, 2.75) is 104 Å². The van der Waals surface area contributed by atoms with Gasteiger partial charge in [0, 0.05) is 12.3 Å². The zero-order valence-corrected chi connectivity index (χ0v) is 18.6. The molecule has 5 heteroatoms. The van der Waals surface area contributed by atoms with Gasteiger partial charge < -0.3 is 15.3 Å². The summed E-state index contributed by atoms with van der Waals surface area (Å²) in [5.41, 5.74) is -1.51. The Labute approximate surface area is 175 Å². The van der Waals surface area contributed by atoms with Crippen LogP contribution in [0.15, 0.2) is 23.3 Å². The zero-order valence-electron chi connectivity index (χ0n) is 18.6. The third kappa shape index (κ3) is 7.71. The van der Waals surface area contributed by atoms with Crippen molar-refractivity contribution in [3.8, 4) is 0 Å². The first-order valence-electron chi connectivity index (χ1n) is 11.1. The molecule has 0 aliphatic heterocycles. The van der Waals surface area contributed by atoms with E-state index in [1.165, 1.54) is 32.6 Å². The Bertz CT molecular complexity index is 598. The molecule has 1 rings (SSSR count). The number of carbonyl (C=O) groups excluding carboxylic acids is 1. The summed E-state index contributed by atoms with van der Waals surface area (Å²) >= 11 is 0. The second-order valence-corrected chi connectivity index (χ2v) is 8.83. The topological polar surface area (TPSA) is 94.8 Å². The number of carbonyl (C=O) groups is 2. The maximum absolute atomic E-state index is 12.3. The van der Waals surface area contributed by atoms with Gasteiger partial charge in [0.1, 0.15) is 11.4 Å². The van der Waals surface area contributed by atoms with Crippen molar-refractivity contribution in [3.05, 3.63) is 23.3 Å². The number of allylic oxidation sites excluding steroid dienone is 3. The normalized spacial score (nSPS) is 22.6. The number of carboxylic acids is 1. The fraction of sp³-hybridized carbons (Fsp3) is 0.750. The molecule has 0 aromatic carbocycles. The molecule has 0 radical (unpaired) electrons. The highest BCUT2D eigenvalue weighted by Crippen LogP contribution is 2.35. The molecule has 1 saturated carbocycles. The zero-order chi connectivity index (χ0) is 22.0. The molecule has 166 valence electrons. The third-order valence-electron chi connectivity index (χ3n) is 6.12. The molecule has 5 nitrogen and oxygen atoms in total. The van der Waals surface area contributed by atoms with Gasteiger partial charge in [0.2, 0.25) is 0 Å². The largest absolute Gasteiger partial charge is 0.478 e. The van der Waals surface area contributed by atoms with E-state index < -0.39 is 17.7 Å². The highest BCUT2D eigenvalue weighted by atomic mass is 16.4. The van der Waals surface area contributed by atoms with Gasteiger partial charge in [-0.3, -0.25) is 4.79 Å². The summed E-state index contributed by atoms with van der Waals surface area (Å²) in [5.74, 6) is -0.702. The summed E-state index contributed by atoms with van der Waals surface area (Å²) in [7, 11) is 0. The van der Waals surface area contributed by atoms with E-state index in [1.807, 2.05) is 0 Å². The van der Waals surface area contributed by atoms with E-state index in [1.54, 1.807) is 13.8 Å². The molecule has 4 atom stereocenters. The second kappa shape index (κ2) is 12.3. The monoisotopic (exact) mass is 408 g/mol. The number of Topliss-reactive ketones (excluding diaryl/α,β-unsaturated/α-hetero) is 1. The number of aliphatic hydroxyl groups is 2. The van der Waals surface area contributed by atoms with Crippen LogP contribution in [0.5, 0.6) is 0 Å². The van der Waals surface area contributed by atoms with Gasteiger partial charge in [-0.15, -0.1) is 0 Å². The van der Waals surface area contributed by atoms with Gasteiger partial charge in [0.15, 0.2) is 0 Å². The van der Waals surface area contributed by atoms with Crippen LogP contribution in [0.4, 0.5) is 0 Å². The van der Waals surface area contributed by atoms with Crippen molar-refractivity contribution in [3.63, 3.8) is 0 Å². The maximum atomic E-state index is 12.3. The molecule has 1 aliphatic rings. The number of ketones is 1. The minimum absolute atomic E-state index is 0.0264. The molecular formula is C24H40O5. The number of carboxylic acid groups (broad SMARTS) is 1. The Hall–Kier alpha value is -1.46. The number of rotatable bonds is 13. The minimum Gasteiger partial charge on any atom is -0.478 e. The van der Waals surface area contributed by atoms with E-state index in [0.29, 0.717) is 24.8 Å². The Balaban J connectivity index is 2.57. The lowest BCUT2D eigenvalue weighted by Crippen LogP contribution is -2.44. The van der Waals surface area contributed by atoms with Crippen LogP contribution >= 0.6 is 0 Å². The quantitative estimate of drug-likeness (QED) is 0.231. The molecule has 0 aromatic heterocycles. The Morgan fingerprint density at radius 1 is 1.24 bits per heavy atom. The summed E-state index contributed by atoms with van der Waals surface area (Å²) < 4.78 is 0. The van der Waals surface area contributed by atoms with Crippen molar-refractivity contribution in [2.75, 3.05) is 0 Å². The molecular weight excluding hydrogens is 368 g/mol. The molecule has 1 aliphatic carbocycles. The van der Waals surface area contributed by atoms with Gasteiger partial charge >= 0.3 is 5.97 Å². The summed E-state index contributed by atoms with van der Waals surface area (Å²) in [6.45, 7) is 6.77. The van der Waals surface area contributed by atoms with Crippen LogP contribution in [0, 0.1) is 11.8 Å².